The zero-order chi connectivity index (χ0) is 31.3. The van der Waals surface area contributed by atoms with Crippen LogP contribution in [-0.2, 0) is 11.8 Å². The zero-order valence-electron chi connectivity index (χ0n) is 26.1. The first kappa shape index (κ1) is 26.4. The fraction of sp³-hybridized carbons (Fsp3) is 0.0930. The molecule has 0 spiro atoms. The highest BCUT2D eigenvalue weighted by molar-refractivity contribution is 6.11. The van der Waals surface area contributed by atoms with Gasteiger partial charge in [-0.2, -0.15) is 0 Å². The normalized spacial score (nSPS) is 13.8. The minimum Gasteiger partial charge on any atom is -0.456 e. The van der Waals surface area contributed by atoms with E-state index in [1.54, 1.807) is 0 Å². The van der Waals surface area contributed by atoms with Crippen LogP contribution in [0, 0.1) is 0 Å². The lowest BCUT2D eigenvalue weighted by atomic mass is 9.78. The van der Waals surface area contributed by atoms with Gasteiger partial charge in [0.2, 0.25) is 0 Å². The molecule has 2 aromatic heterocycles. The van der Waals surface area contributed by atoms with Gasteiger partial charge in [0.1, 0.15) is 11.2 Å². The fourth-order valence-electron chi connectivity index (χ4n) is 8.00. The molecule has 2 aliphatic rings. The van der Waals surface area contributed by atoms with Gasteiger partial charge in [-0.05, 0) is 69.1 Å². The molecule has 0 saturated carbocycles. The summed E-state index contributed by atoms with van der Waals surface area (Å²) in [5.41, 5.74) is 15.4. The molecule has 8 aromatic rings. The third-order valence-electron chi connectivity index (χ3n) is 10.1. The Morgan fingerprint density at radius 2 is 1.23 bits per heavy atom. The highest BCUT2D eigenvalue weighted by Crippen LogP contribution is 2.55. The minimum absolute atomic E-state index is 0.0659. The average Bonchev–Trinajstić information content (AvgIpc) is 3.76. The third-order valence-corrected chi connectivity index (χ3v) is 10.1. The van der Waals surface area contributed by atoms with Crippen molar-refractivity contribution in [3.63, 3.8) is 0 Å². The van der Waals surface area contributed by atoms with E-state index in [0.717, 1.165) is 45.0 Å². The molecule has 0 fully saturated rings. The number of rotatable bonds is 3. The minimum atomic E-state index is -0.0659. The van der Waals surface area contributed by atoms with E-state index < -0.39 is 0 Å². The molecule has 4 nitrogen and oxygen atoms in total. The molecule has 0 bridgehead atoms. The van der Waals surface area contributed by atoms with Crippen LogP contribution >= 0.6 is 0 Å². The molecule has 10 rings (SSSR count). The van der Waals surface area contributed by atoms with Gasteiger partial charge in [-0.15, -0.1) is 0 Å². The molecule has 0 aliphatic heterocycles. The Hall–Kier alpha value is -5.87. The Morgan fingerprint density at radius 3 is 2.13 bits per heavy atom. The van der Waals surface area contributed by atoms with Gasteiger partial charge in [-0.25, -0.2) is 15.0 Å². The molecule has 0 atom stereocenters. The maximum Gasteiger partial charge on any atom is 0.164 e. The summed E-state index contributed by atoms with van der Waals surface area (Å²) >= 11 is 0. The van der Waals surface area contributed by atoms with Crippen LogP contribution in [0.2, 0.25) is 0 Å². The van der Waals surface area contributed by atoms with Crippen LogP contribution in [0.3, 0.4) is 0 Å². The van der Waals surface area contributed by atoms with Gasteiger partial charge in [-0.1, -0.05) is 123 Å². The predicted octanol–water partition coefficient (Wildman–Crippen LogP) is 10.6. The van der Waals surface area contributed by atoms with Crippen LogP contribution in [0.1, 0.15) is 36.1 Å². The quantitative estimate of drug-likeness (QED) is 0.202. The maximum absolute atomic E-state index is 6.22. The van der Waals surface area contributed by atoms with Crippen molar-refractivity contribution in [1.82, 2.24) is 15.0 Å². The summed E-state index contributed by atoms with van der Waals surface area (Å²) < 4.78 is 6.22. The predicted molar refractivity (Wildman–Crippen MR) is 189 cm³/mol. The maximum atomic E-state index is 6.22. The van der Waals surface area contributed by atoms with E-state index in [0.29, 0.717) is 17.5 Å². The lowest BCUT2D eigenvalue weighted by Gasteiger charge is -2.24. The van der Waals surface area contributed by atoms with E-state index in [-0.39, 0.29) is 5.41 Å². The smallest absolute Gasteiger partial charge is 0.164 e. The summed E-state index contributed by atoms with van der Waals surface area (Å²) in [6, 6.07) is 44.7. The molecule has 0 saturated heterocycles. The van der Waals surface area contributed by atoms with Gasteiger partial charge in [0.15, 0.2) is 17.5 Å². The van der Waals surface area contributed by atoms with E-state index in [2.05, 4.69) is 92.7 Å². The molecular formula is C43H29N3O. The van der Waals surface area contributed by atoms with E-state index in [9.17, 15) is 0 Å². The topological polar surface area (TPSA) is 51.8 Å². The molecule has 4 heteroatoms. The van der Waals surface area contributed by atoms with Crippen molar-refractivity contribution in [3.8, 4) is 56.4 Å². The van der Waals surface area contributed by atoms with Crippen molar-refractivity contribution in [2.24, 2.45) is 0 Å². The molecule has 6 aromatic carbocycles. The van der Waals surface area contributed by atoms with Gasteiger partial charge in [-0.3, -0.25) is 0 Å². The van der Waals surface area contributed by atoms with E-state index in [1.807, 2.05) is 48.5 Å². The van der Waals surface area contributed by atoms with Crippen molar-refractivity contribution >= 4 is 21.9 Å². The molecule has 0 amide bonds. The van der Waals surface area contributed by atoms with E-state index in [4.69, 9.17) is 19.4 Å². The second-order valence-electron chi connectivity index (χ2n) is 13.2. The summed E-state index contributed by atoms with van der Waals surface area (Å²) in [6.45, 7) is 4.73. The van der Waals surface area contributed by atoms with Crippen LogP contribution in [0.5, 0.6) is 0 Å². The Morgan fingerprint density at radius 1 is 0.532 bits per heavy atom. The van der Waals surface area contributed by atoms with Crippen LogP contribution in [0.4, 0.5) is 0 Å². The average molecular weight is 604 g/mol. The third kappa shape index (κ3) is 3.79. The summed E-state index contributed by atoms with van der Waals surface area (Å²) in [5.74, 6) is 1.94. The number of fused-ring (bicyclic) bond motifs is 10. The van der Waals surface area contributed by atoms with Crippen molar-refractivity contribution in [2.45, 2.75) is 25.7 Å². The second-order valence-corrected chi connectivity index (χ2v) is 13.2. The summed E-state index contributed by atoms with van der Waals surface area (Å²) in [6.07, 6.45) is 0.891. The number of hydrogen-bond acceptors (Lipinski definition) is 4. The van der Waals surface area contributed by atoms with E-state index in [1.165, 1.54) is 44.5 Å². The highest BCUT2D eigenvalue weighted by atomic mass is 16.3. The summed E-state index contributed by atoms with van der Waals surface area (Å²) in [4.78, 5) is 15.3. The lowest BCUT2D eigenvalue weighted by Crippen LogP contribution is -2.16. The monoisotopic (exact) mass is 603 g/mol. The number of hydrogen-bond donors (Lipinski definition) is 0. The summed E-state index contributed by atoms with van der Waals surface area (Å²) in [5, 5.41) is 2.07. The van der Waals surface area contributed by atoms with E-state index >= 15 is 0 Å². The van der Waals surface area contributed by atoms with Crippen molar-refractivity contribution < 1.29 is 4.42 Å². The molecule has 0 N–H and O–H groups in total. The van der Waals surface area contributed by atoms with Gasteiger partial charge in [0.25, 0.3) is 0 Å². The lowest BCUT2D eigenvalue weighted by molar-refractivity contribution is 0.662. The molecule has 222 valence electrons. The first-order valence-corrected chi connectivity index (χ1v) is 16.2. The van der Waals surface area contributed by atoms with Crippen LogP contribution in [0.25, 0.3) is 78.4 Å². The van der Waals surface area contributed by atoms with Gasteiger partial charge >= 0.3 is 0 Å². The molecular weight excluding hydrogens is 574 g/mol. The van der Waals surface area contributed by atoms with Crippen LogP contribution < -0.4 is 0 Å². The summed E-state index contributed by atoms with van der Waals surface area (Å²) in [7, 11) is 0. The SMILES string of the molecule is CC1(C)c2ccccc2-c2ccc3c(c21)-c1ccc(-c2nc(-c4ccccc4)nc(-c4cccc5oc6ccccc6c45)n2)cc1C3. The fourth-order valence-corrected chi connectivity index (χ4v) is 8.00. The zero-order valence-corrected chi connectivity index (χ0v) is 26.1. The Balaban J connectivity index is 1.15. The standard InChI is InChI=1S/C43H29N3O/c1-43(2)34-16-8-6-13-30(34)31-22-19-26-23-28-24-27(20-21-29(28)37(26)39(31)43)41-44-40(25-11-4-3-5-12-25)45-42(46-41)33-15-10-18-36-38(33)32-14-7-9-17-35(32)47-36/h3-22,24H,23H2,1-2H3. The van der Waals surface area contributed by atoms with Crippen LogP contribution in [0.15, 0.2) is 132 Å². The number of furan rings is 1. The number of aromatic nitrogens is 3. The van der Waals surface area contributed by atoms with Crippen molar-refractivity contribution in [2.75, 3.05) is 0 Å². The Bertz CT molecular complexity index is 2580. The number of nitrogens with zero attached hydrogens (tertiary/aromatic N) is 3. The molecule has 47 heavy (non-hydrogen) atoms. The highest BCUT2D eigenvalue weighted by Gasteiger charge is 2.39. The van der Waals surface area contributed by atoms with Gasteiger partial charge < -0.3 is 4.42 Å². The van der Waals surface area contributed by atoms with Gasteiger partial charge in [0, 0.05) is 32.9 Å². The first-order valence-electron chi connectivity index (χ1n) is 16.2. The molecule has 2 heterocycles. The number of benzene rings is 6. The Labute approximate surface area is 272 Å². The molecule has 2 aliphatic carbocycles. The van der Waals surface area contributed by atoms with Crippen LogP contribution in [-0.4, -0.2) is 15.0 Å². The molecule has 0 unspecified atom stereocenters. The first-order chi connectivity index (χ1) is 23.0. The Kier molecular flexibility index (Phi) is 5.37. The largest absolute Gasteiger partial charge is 0.456 e. The number of para-hydroxylation sites is 1. The van der Waals surface area contributed by atoms with Gasteiger partial charge in [0.05, 0.1) is 0 Å². The molecule has 0 radical (unpaired) electrons. The van der Waals surface area contributed by atoms with Crippen molar-refractivity contribution in [3.05, 3.63) is 150 Å². The second kappa shape index (κ2) is 9.57. The van der Waals surface area contributed by atoms with Crippen molar-refractivity contribution in [1.29, 1.82) is 0 Å².